The van der Waals surface area contributed by atoms with E-state index in [1.165, 1.54) is 4.88 Å². The van der Waals surface area contributed by atoms with Crippen molar-refractivity contribution >= 4 is 22.9 Å². The zero-order chi connectivity index (χ0) is 13.8. The van der Waals surface area contributed by atoms with E-state index in [-0.39, 0.29) is 5.78 Å². The van der Waals surface area contributed by atoms with E-state index >= 15 is 0 Å². The molecule has 0 saturated carbocycles. The van der Waals surface area contributed by atoms with Crippen molar-refractivity contribution in [3.05, 3.63) is 46.3 Å². The molecule has 0 radical (unpaired) electrons. The van der Waals surface area contributed by atoms with E-state index in [0.717, 1.165) is 12.2 Å². The standard InChI is InChI=1S/C15H18N2OS/c1-11(9-14-5-4-8-19-14)17(3)15-7-6-13(10-16-15)12(2)18/h4-8,10-11H,9H2,1-3H3. The Morgan fingerprint density at radius 3 is 2.74 bits per heavy atom. The summed E-state index contributed by atoms with van der Waals surface area (Å²) in [6, 6.07) is 8.34. The number of Topliss-reactive ketones (excluding diaryl/α,β-unsaturated/α-hetero) is 1. The second-order valence-corrected chi connectivity index (χ2v) is 5.74. The number of carbonyl (C=O) groups is 1. The topological polar surface area (TPSA) is 33.2 Å². The molecule has 3 nitrogen and oxygen atoms in total. The molecule has 0 amide bonds. The number of anilines is 1. The van der Waals surface area contributed by atoms with Gasteiger partial charge in [0.1, 0.15) is 5.82 Å². The van der Waals surface area contributed by atoms with Gasteiger partial charge in [-0.3, -0.25) is 4.79 Å². The quantitative estimate of drug-likeness (QED) is 0.783. The third-order valence-corrected chi connectivity index (χ3v) is 4.15. The van der Waals surface area contributed by atoms with Gasteiger partial charge in [-0.15, -0.1) is 11.3 Å². The lowest BCUT2D eigenvalue weighted by Crippen LogP contribution is -2.31. The number of nitrogens with zero attached hydrogens (tertiary/aromatic N) is 2. The second kappa shape index (κ2) is 5.97. The fraction of sp³-hybridized carbons (Fsp3) is 0.333. The van der Waals surface area contributed by atoms with Gasteiger partial charge in [0.25, 0.3) is 0 Å². The van der Waals surface area contributed by atoms with Gasteiger partial charge in [0.15, 0.2) is 5.78 Å². The van der Waals surface area contributed by atoms with Crippen molar-refractivity contribution in [2.45, 2.75) is 26.3 Å². The summed E-state index contributed by atoms with van der Waals surface area (Å²) in [6.45, 7) is 3.74. The third-order valence-electron chi connectivity index (χ3n) is 3.25. The molecule has 0 bridgehead atoms. The molecule has 19 heavy (non-hydrogen) atoms. The Kier molecular flexibility index (Phi) is 4.32. The fourth-order valence-electron chi connectivity index (χ4n) is 1.89. The minimum atomic E-state index is 0.0494. The smallest absolute Gasteiger partial charge is 0.161 e. The van der Waals surface area contributed by atoms with Gasteiger partial charge in [-0.2, -0.15) is 0 Å². The van der Waals surface area contributed by atoms with Crippen molar-refractivity contribution in [3.8, 4) is 0 Å². The Labute approximate surface area is 117 Å². The molecule has 2 heterocycles. The highest BCUT2D eigenvalue weighted by molar-refractivity contribution is 7.09. The van der Waals surface area contributed by atoms with Crippen LogP contribution in [0.25, 0.3) is 0 Å². The SMILES string of the molecule is CC(=O)c1ccc(N(C)C(C)Cc2cccs2)nc1. The minimum Gasteiger partial charge on any atom is -0.357 e. The van der Waals surface area contributed by atoms with E-state index in [1.54, 1.807) is 24.5 Å². The zero-order valence-electron chi connectivity index (χ0n) is 11.5. The van der Waals surface area contributed by atoms with E-state index < -0.39 is 0 Å². The number of hydrogen-bond acceptors (Lipinski definition) is 4. The van der Waals surface area contributed by atoms with E-state index in [2.05, 4.69) is 34.3 Å². The van der Waals surface area contributed by atoms with Gasteiger partial charge in [0.2, 0.25) is 0 Å². The third kappa shape index (κ3) is 3.41. The van der Waals surface area contributed by atoms with Crippen LogP contribution in [0.2, 0.25) is 0 Å². The average molecular weight is 274 g/mol. The molecule has 0 N–H and O–H groups in total. The predicted molar refractivity (Wildman–Crippen MR) is 80.1 cm³/mol. The summed E-state index contributed by atoms with van der Waals surface area (Å²) in [5.41, 5.74) is 0.656. The maximum atomic E-state index is 11.2. The van der Waals surface area contributed by atoms with Gasteiger partial charge in [-0.25, -0.2) is 4.98 Å². The summed E-state index contributed by atoms with van der Waals surface area (Å²) < 4.78 is 0. The number of thiophene rings is 1. The number of ketones is 1. The molecule has 0 aromatic carbocycles. The van der Waals surface area contributed by atoms with Crippen LogP contribution in [0.5, 0.6) is 0 Å². The van der Waals surface area contributed by atoms with Gasteiger partial charge in [-0.1, -0.05) is 6.07 Å². The summed E-state index contributed by atoms with van der Waals surface area (Å²) >= 11 is 1.78. The molecule has 0 saturated heterocycles. The normalized spacial score (nSPS) is 12.2. The molecular weight excluding hydrogens is 256 g/mol. The maximum Gasteiger partial charge on any atom is 0.161 e. The molecule has 1 unspecified atom stereocenters. The van der Waals surface area contributed by atoms with Crippen molar-refractivity contribution in [1.29, 1.82) is 0 Å². The molecule has 0 spiro atoms. The molecule has 100 valence electrons. The van der Waals surface area contributed by atoms with Crippen molar-refractivity contribution < 1.29 is 4.79 Å². The molecule has 2 rings (SSSR count). The summed E-state index contributed by atoms with van der Waals surface area (Å²) in [4.78, 5) is 19.1. The van der Waals surface area contributed by atoms with Crippen molar-refractivity contribution in [2.75, 3.05) is 11.9 Å². The molecule has 4 heteroatoms. The highest BCUT2D eigenvalue weighted by Crippen LogP contribution is 2.18. The fourth-order valence-corrected chi connectivity index (χ4v) is 2.71. The van der Waals surface area contributed by atoms with Crippen molar-refractivity contribution in [3.63, 3.8) is 0 Å². The average Bonchev–Trinajstić information content (AvgIpc) is 2.90. The first-order valence-corrected chi connectivity index (χ1v) is 7.18. The highest BCUT2D eigenvalue weighted by atomic mass is 32.1. The lowest BCUT2D eigenvalue weighted by atomic mass is 10.1. The minimum absolute atomic E-state index is 0.0494. The molecule has 0 fully saturated rings. The van der Waals surface area contributed by atoms with Gasteiger partial charge in [-0.05, 0) is 37.4 Å². The number of pyridine rings is 1. The molecule has 0 aliphatic rings. The summed E-state index contributed by atoms with van der Waals surface area (Å²) in [5, 5.41) is 2.10. The Morgan fingerprint density at radius 1 is 1.42 bits per heavy atom. The number of aromatic nitrogens is 1. The largest absolute Gasteiger partial charge is 0.357 e. The first-order chi connectivity index (χ1) is 9.08. The van der Waals surface area contributed by atoms with Crippen molar-refractivity contribution in [1.82, 2.24) is 4.98 Å². The number of rotatable bonds is 5. The Balaban J connectivity index is 2.06. The molecule has 2 aromatic rings. The number of hydrogen-bond donors (Lipinski definition) is 0. The Morgan fingerprint density at radius 2 is 2.21 bits per heavy atom. The van der Waals surface area contributed by atoms with Crippen LogP contribution in [0.1, 0.15) is 29.1 Å². The second-order valence-electron chi connectivity index (χ2n) is 4.70. The van der Waals surface area contributed by atoms with Gasteiger partial charge < -0.3 is 4.90 Å². The lowest BCUT2D eigenvalue weighted by molar-refractivity contribution is 0.101. The molecule has 2 aromatic heterocycles. The van der Waals surface area contributed by atoms with E-state index in [0.29, 0.717) is 11.6 Å². The van der Waals surface area contributed by atoms with Crippen LogP contribution in [0.15, 0.2) is 35.8 Å². The van der Waals surface area contributed by atoms with Crippen LogP contribution in [0, 0.1) is 0 Å². The lowest BCUT2D eigenvalue weighted by Gasteiger charge is -2.25. The van der Waals surface area contributed by atoms with Crippen LogP contribution in [0.4, 0.5) is 5.82 Å². The van der Waals surface area contributed by atoms with Gasteiger partial charge in [0.05, 0.1) is 0 Å². The van der Waals surface area contributed by atoms with Crippen LogP contribution < -0.4 is 4.90 Å². The Hall–Kier alpha value is -1.68. The van der Waals surface area contributed by atoms with E-state index in [4.69, 9.17) is 0 Å². The van der Waals surface area contributed by atoms with Crippen LogP contribution in [-0.4, -0.2) is 23.9 Å². The van der Waals surface area contributed by atoms with Crippen LogP contribution in [0.3, 0.4) is 0 Å². The predicted octanol–water partition coefficient (Wildman–Crippen LogP) is 3.41. The maximum absolute atomic E-state index is 11.2. The van der Waals surface area contributed by atoms with Crippen molar-refractivity contribution in [2.24, 2.45) is 0 Å². The number of likely N-dealkylation sites (N-methyl/N-ethyl adjacent to an activating group) is 1. The van der Waals surface area contributed by atoms with E-state index in [9.17, 15) is 4.79 Å². The monoisotopic (exact) mass is 274 g/mol. The molecule has 0 aliphatic heterocycles. The zero-order valence-corrected chi connectivity index (χ0v) is 12.3. The summed E-state index contributed by atoms with van der Waals surface area (Å²) in [6.07, 6.45) is 2.65. The van der Waals surface area contributed by atoms with Gasteiger partial charge in [0, 0.05) is 36.1 Å². The Bertz CT molecular complexity index is 534. The summed E-state index contributed by atoms with van der Waals surface area (Å²) in [7, 11) is 2.04. The molecule has 1 atom stereocenters. The van der Waals surface area contributed by atoms with E-state index in [1.807, 2.05) is 19.2 Å². The molecule has 0 aliphatic carbocycles. The first-order valence-electron chi connectivity index (χ1n) is 6.30. The molecular formula is C15H18N2OS. The highest BCUT2D eigenvalue weighted by Gasteiger charge is 2.12. The first kappa shape index (κ1) is 13.7. The van der Waals surface area contributed by atoms with Crippen LogP contribution >= 0.6 is 11.3 Å². The van der Waals surface area contributed by atoms with Gasteiger partial charge >= 0.3 is 0 Å². The summed E-state index contributed by atoms with van der Waals surface area (Å²) in [5.74, 6) is 0.947. The van der Waals surface area contributed by atoms with Crippen LogP contribution in [-0.2, 0) is 6.42 Å². The number of carbonyl (C=O) groups excluding carboxylic acids is 1.